The number of carbonyl (C=O) groups is 1. The fraction of sp³-hybridized carbons (Fsp3) is 0.722. The quantitative estimate of drug-likeness (QED) is 0.729. The van der Waals surface area contributed by atoms with Crippen LogP contribution < -0.4 is 5.32 Å². The Labute approximate surface area is 155 Å². The average Bonchev–Trinajstić information content (AvgIpc) is 3.31. The van der Waals surface area contributed by atoms with Crippen molar-refractivity contribution in [2.24, 2.45) is 5.92 Å². The zero-order valence-corrected chi connectivity index (χ0v) is 16.1. The number of rotatable bonds is 7. The van der Waals surface area contributed by atoms with E-state index in [0.717, 1.165) is 19.3 Å². The molecule has 1 saturated carbocycles. The van der Waals surface area contributed by atoms with E-state index >= 15 is 0 Å². The molecule has 2 fully saturated rings. The highest BCUT2D eigenvalue weighted by Gasteiger charge is 2.30. The lowest BCUT2D eigenvalue weighted by atomic mass is 9.88. The first-order valence-electron chi connectivity index (χ1n) is 9.48. The van der Waals surface area contributed by atoms with Crippen molar-refractivity contribution in [3.63, 3.8) is 0 Å². The summed E-state index contributed by atoms with van der Waals surface area (Å²) in [5, 5.41) is 2.55. The van der Waals surface area contributed by atoms with Crippen LogP contribution in [0.5, 0.6) is 0 Å². The van der Waals surface area contributed by atoms with Crippen molar-refractivity contribution in [2.75, 3.05) is 26.2 Å². The van der Waals surface area contributed by atoms with Gasteiger partial charge in [0.2, 0.25) is 5.09 Å². The maximum absolute atomic E-state index is 12.4. The SMILES string of the molecule is C[C@H]1CCCC[C@@H]1OCCNC(=O)c1ccc(S(=O)(=O)N2CCCC2)o1. The zero-order chi connectivity index (χ0) is 18.6. The minimum absolute atomic E-state index is 0.00815. The first-order chi connectivity index (χ1) is 12.5. The lowest BCUT2D eigenvalue weighted by Gasteiger charge is -2.28. The molecule has 146 valence electrons. The normalized spacial score (nSPS) is 24.7. The summed E-state index contributed by atoms with van der Waals surface area (Å²) in [6.45, 7) is 4.02. The highest BCUT2D eigenvalue weighted by molar-refractivity contribution is 7.89. The molecule has 1 aromatic heterocycles. The number of hydrogen-bond acceptors (Lipinski definition) is 5. The minimum Gasteiger partial charge on any atom is -0.438 e. The lowest BCUT2D eigenvalue weighted by molar-refractivity contribution is -0.00301. The van der Waals surface area contributed by atoms with Gasteiger partial charge in [-0.15, -0.1) is 0 Å². The molecule has 3 rings (SSSR count). The van der Waals surface area contributed by atoms with Crippen LogP contribution in [0.15, 0.2) is 21.6 Å². The van der Waals surface area contributed by atoms with Gasteiger partial charge in [0.25, 0.3) is 15.9 Å². The van der Waals surface area contributed by atoms with E-state index in [1.54, 1.807) is 0 Å². The monoisotopic (exact) mass is 384 g/mol. The average molecular weight is 384 g/mol. The molecular formula is C18H28N2O5S. The Kier molecular flexibility index (Phi) is 6.37. The Balaban J connectivity index is 1.47. The van der Waals surface area contributed by atoms with E-state index < -0.39 is 15.9 Å². The molecule has 1 aliphatic carbocycles. The summed E-state index contributed by atoms with van der Waals surface area (Å²) >= 11 is 0. The third-order valence-electron chi connectivity index (χ3n) is 5.22. The fourth-order valence-corrected chi connectivity index (χ4v) is 5.06. The molecule has 26 heavy (non-hydrogen) atoms. The number of sulfonamides is 1. The summed E-state index contributed by atoms with van der Waals surface area (Å²) < 4.78 is 37.4. The molecule has 8 heteroatoms. The molecule has 2 aliphatic rings. The Bertz CT molecular complexity index is 709. The van der Waals surface area contributed by atoms with E-state index in [2.05, 4.69) is 12.2 Å². The Morgan fingerprint density at radius 1 is 1.23 bits per heavy atom. The van der Waals surface area contributed by atoms with Gasteiger partial charge in [-0.3, -0.25) is 4.79 Å². The number of hydrogen-bond donors (Lipinski definition) is 1. The van der Waals surface area contributed by atoms with Crippen LogP contribution in [0.4, 0.5) is 0 Å². The maximum atomic E-state index is 12.4. The minimum atomic E-state index is -3.64. The van der Waals surface area contributed by atoms with Gasteiger partial charge in [-0.1, -0.05) is 19.8 Å². The highest BCUT2D eigenvalue weighted by Crippen LogP contribution is 2.26. The van der Waals surface area contributed by atoms with Gasteiger partial charge in [0, 0.05) is 19.6 Å². The number of amides is 1. The van der Waals surface area contributed by atoms with Crippen molar-refractivity contribution in [3.8, 4) is 0 Å². The van der Waals surface area contributed by atoms with Crippen molar-refractivity contribution in [2.45, 2.75) is 56.6 Å². The molecule has 1 aromatic rings. The first kappa shape index (κ1) is 19.4. The molecule has 0 unspecified atom stereocenters. The first-order valence-corrected chi connectivity index (χ1v) is 10.9. The molecule has 0 aromatic carbocycles. The van der Waals surface area contributed by atoms with Crippen LogP contribution in [0.1, 0.15) is 56.0 Å². The molecule has 1 N–H and O–H groups in total. The molecular weight excluding hydrogens is 356 g/mol. The smallest absolute Gasteiger partial charge is 0.287 e. The number of nitrogens with zero attached hydrogens (tertiary/aromatic N) is 1. The topological polar surface area (TPSA) is 88.8 Å². The van der Waals surface area contributed by atoms with Gasteiger partial charge < -0.3 is 14.5 Å². The molecule has 1 amide bonds. The summed E-state index contributed by atoms with van der Waals surface area (Å²) in [6, 6.07) is 2.76. The largest absolute Gasteiger partial charge is 0.438 e. The van der Waals surface area contributed by atoms with Gasteiger partial charge >= 0.3 is 0 Å². The summed E-state index contributed by atoms with van der Waals surface area (Å²) in [4.78, 5) is 12.2. The maximum Gasteiger partial charge on any atom is 0.287 e. The van der Waals surface area contributed by atoms with Gasteiger partial charge in [-0.25, -0.2) is 8.42 Å². The van der Waals surface area contributed by atoms with E-state index in [1.807, 2.05) is 0 Å². The van der Waals surface area contributed by atoms with Crippen LogP contribution in [0, 0.1) is 5.92 Å². The second-order valence-corrected chi connectivity index (χ2v) is 9.03. The predicted molar refractivity (Wildman–Crippen MR) is 96.4 cm³/mol. The Morgan fingerprint density at radius 2 is 1.96 bits per heavy atom. The van der Waals surface area contributed by atoms with E-state index in [-0.39, 0.29) is 17.0 Å². The van der Waals surface area contributed by atoms with Crippen LogP contribution in [0.3, 0.4) is 0 Å². The van der Waals surface area contributed by atoms with E-state index in [1.165, 1.54) is 35.7 Å². The standard InChI is InChI=1S/C18H28N2O5S/c1-14-6-2-3-7-15(14)24-13-10-19-18(21)16-8-9-17(25-16)26(22,23)20-11-4-5-12-20/h8-9,14-15H,2-7,10-13H2,1H3,(H,19,21)/t14-,15-/m0/s1. The number of nitrogens with one attached hydrogen (secondary N) is 1. The van der Waals surface area contributed by atoms with Gasteiger partial charge in [0.05, 0.1) is 12.7 Å². The van der Waals surface area contributed by atoms with Crippen molar-refractivity contribution < 1.29 is 22.4 Å². The summed E-state index contributed by atoms with van der Waals surface area (Å²) in [6.07, 6.45) is 6.70. The van der Waals surface area contributed by atoms with Crippen LogP contribution in [-0.4, -0.2) is 51.0 Å². The molecule has 2 atom stereocenters. The molecule has 2 heterocycles. The van der Waals surface area contributed by atoms with Crippen LogP contribution in [0.2, 0.25) is 0 Å². The predicted octanol–water partition coefficient (Wildman–Crippen LogP) is 2.39. The molecule has 7 nitrogen and oxygen atoms in total. The summed E-state index contributed by atoms with van der Waals surface area (Å²) in [7, 11) is -3.64. The molecule has 0 spiro atoms. The van der Waals surface area contributed by atoms with Crippen LogP contribution in [-0.2, 0) is 14.8 Å². The van der Waals surface area contributed by atoms with Gasteiger partial charge in [0.15, 0.2) is 5.76 Å². The third-order valence-corrected chi connectivity index (χ3v) is 6.99. The molecule has 1 aliphatic heterocycles. The highest BCUT2D eigenvalue weighted by atomic mass is 32.2. The molecule has 1 saturated heterocycles. The van der Waals surface area contributed by atoms with Gasteiger partial charge in [-0.05, 0) is 43.7 Å². The van der Waals surface area contributed by atoms with Crippen LogP contribution >= 0.6 is 0 Å². The number of furan rings is 1. The van der Waals surface area contributed by atoms with Crippen molar-refractivity contribution in [1.29, 1.82) is 0 Å². The second kappa shape index (κ2) is 8.54. The summed E-state index contributed by atoms with van der Waals surface area (Å²) in [5.74, 6) is 0.143. The number of ether oxygens (including phenoxy) is 1. The van der Waals surface area contributed by atoms with Crippen molar-refractivity contribution in [1.82, 2.24) is 9.62 Å². The molecule has 0 radical (unpaired) electrons. The zero-order valence-electron chi connectivity index (χ0n) is 15.3. The summed E-state index contributed by atoms with van der Waals surface area (Å²) in [5.41, 5.74) is 0. The van der Waals surface area contributed by atoms with Crippen molar-refractivity contribution in [3.05, 3.63) is 17.9 Å². The number of carbonyl (C=O) groups excluding carboxylic acids is 1. The lowest BCUT2D eigenvalue weighted by Crippen LogP contribution is -2.31. The Hall–Kier alpha value is -1.38. The van der Waals surface area contributed by atoms with Crippen molar-refractivity contribution >= 4 is 15.9 Å². The Morgan fingerprint density at radius 3 is 2.69 bits per heavy atom. The van der Waals surface area contributed by atoms with E-state index in [9.17, 15) is 13.2 Å². The molecule has 0 bridgehead atoms. The van der Waals surface area contributed by atoms with E-state index in [4.69, 9.17) is 9.15 Å². The van der Waals surface area contributed by atoms with Crippen LogP contribution in [0.25, 0.3) is 0 Å². The third kappa shape index (κ3) is 4.47. The fourth-order valence-electron chi connectivity index (χ4n) is 3.63. The second-order valence-electron chi connectivity index (χ2n) is 7.16. The van der Waals surface area contributed by atoms with E-state index in [0.29, 0.717) is 32.2 Å². The van der Waals surface area contributed by atoms with Gasteiger partial charge in [0.1, 0.15) is 0 Å². The van der Waals surface area contributed by atoms with Gasteiger partial charge in [-0.2, -0.15) is 4.31 Å².